The number of benzene rings is 3. The monoisotopic (exact) mass is 644 g/mol. The van der Waals surface area contributed by atoms with Crippen molar-refractivity contribution in [3.05, 3.63) is 73.1 Å². The molecule has 0 atom stereocenters. The Balaban J connectivity index is 0.000000346. The molecule has 0 amide bonds. The molecular formula is C23H21F4IO7S. The van der Waals surface area contributed by atoms with Crippen molar-refractivity contribution in [2.75, 3.05) is 21.3 Å². The zero-order chi connectivity index (χ0) is 27.1. The van der Waals surface area contributed by atoms with Crippen LogP contribution in [0.2, 0.25) is 0 Å². The van der Waals surface area contributed by atoms with E-state index in [-0.39, 0.29) is 8.47 Å². The summed E-state index contributed by atoms with van der Waals surface area (Å²) in [6.07, 6.45) is -4.87. The van der Waals surface area contributed by atoms with Gasteiger partial charge in [-0.1, -0.05) is 17.7 Å². The second-order valence-corrected chi connectivity index (χ2v) is 11.0. The summed E-state index contributed by atoms with van der Waals surface area (Å²) in [6.45, 7) is 1.82. The zero-order valence-corrected chi connectivity index (χ0v) is 22.3. The average molecular weight is 644 g/mol. The molecule has 13 heteroatoms. The van der Waals surface area contributed by atoms with Gasteiger partial charge in [0.2, 0.25) is 3.57 Å². The van der Waals surface area contributed by atoms with Gasteiger partial charge in [-0.3, -0.25) is 0 Å². The van der Waals surface area contributed by atoms with E-state index in [9.17, 15) is 30.5 Å². The molecule has 7 nitrogen and oxygen atoms in total. The fraction of sp³-hybridized carbons (Fsp3) is 0.217. The smallest absolute Gasteiger partial charge is 0.573 e. The van der Waals surface area contributed by atoms with Crippen LogP contribution in [0, 0.1) is 19.9 Å². The van der Waals surface area contributed by atoms with Crippen LogP contribution in [0.3, 0.4) is 0 Å². The quantitative estimate of drug-likeness (QED) is 0.220. The predicted molar refractivity (Wildman–Crippen MR) is 116 cm³/mol. The molecule has 0 N–H and O–H groups in total. The van der Waals surface area contributed by atoms with Crippen LogP contribution in [0.25, 0.3) is 0 Å². The Morgan fingerprint density at radius 3 is 1.81 bits per heavy atom. The molecule has 0 aliphatic rings. The standard InChI is InChI=1S/C16H14F4IO4.C7H8O3S/c1-22-10-7-13(23-2)15(14(8-10)24-3)21-12-5-4-9(6-11(12)17)25-16(18,19)20;1-6-2-4-7(5-3-6)11(8,9)10/h4-8H,1-3H3;2-5H,1H3,(H,8,9,10)/q+1;/p-1. The molecule has 0 aromatic heterocycles. The Labute approximate surface area is 216 Å². The van der Waals surface area contributed by atoms with E-state index >= 15 is 0 Å². The maximum Gasteiger partial charge on any atom is 0.573 e. The van der Waals surface area contributed by atoms with E-state index in [2.05, 4.69) is 4.74 Å². The summed E-state index contributed by atoms with van der Waals surface area (Å²) in [5, 5.41) is 0. The van der Waals surface area contributed by atoms with E-state index in [1.165, 1.54) is 39.5 Å². The number of rotatable bonds is 7. The van der Waals surface area contributed by atoms with Crippen molar-refractivity contribution in [1.29, 1.82) is 0 Å². The summed E-state index contributed by atoms with van der Waals surface area (Å²) < 4.78 is 102. The maximum atomic E-state index is 14.2. The third-order valence-corrected chi connectivity index (χ3v) is 8.19. The lowest BCUT2D eigenvalue weighted by Gasteiger charge is -2.09. The second kappa shape index (κ2) is 12.5. The predicted octanol–water partition coefficient (Wildman–Crippen LogP) is 1.78. The number of alkyl halides is 3. The first-order valence-electron chi connectivity index (χ1n) is 9.80. The number of halogens is 5. The Bertz CT molecular complexity index is 1260. The summed E-state index contributed by atoms with van der Waals surface area (Å²) in [4.78, 5) is -0.178. The van der Waals surface area contributed by atoms with E-state index in [1.54, 1.807) is 24.3 Å². The van der Waals surface area contributed by atoms with Gasteiger partial charge in [-0.25, -0.2) is 12.8 Å². The molecule has 3 rings (SSSR count). The molecule has 196 valence electrons. The lowest BCUT2D eigenvalue weighted by molar-refractivity contribution is -0.601. The minimum absolute atomic E-state index is 0.178. The van der Waals surface area contributed by atoms with E-state index in [4.69, 9.17) is 14.2 Å². The highest BCUT2D eigenvalue weighted by atomic mass is 127. The third-order valence-electron chi connectivity index (χ3n) is 4.29. The van der Waals surface area contributed by atoms with Gasteiger partial charge in [0, 0.05) is 18.2 Å². The van der Waals surface area contributed by atoms with Crippen LogP contribution in [-0.4, -0.2) is 40.7 Å². The number of methoxy groups -OCH3 is 3. The van der Waals surface area contributed by atoms with Gasteiger partial charge in [-0.15, -0.1) is 13.2 Å². The van der Waals surface area contributed by atoms with Gasteiger partial charge in [0.15, 0.2) is 17.3 Å². The van der Waals surface area contributed by atoms with Gasteiger partial charge < -0.3 is 23.5 Å². The van der Waals surface area contributed by atoms with Crippen LogP contribution in [0.5, 0.6) is 23.0 Å². The van der Waals surface area contributed by atoms with E-state index in [1.807, 2.05) is 6.92 Å². The molecule has 0 heterocycles. The first-order chi connectivity index (χ1) is 16.8. The van der Waals surface area contributed by atoms with Gasteiger partial charge in [0.05, 0.1) is 26.2 Å². The number of hydrogen-bond donors (Lipinski definition) is 0. The normalized spacial score (nSPS) is 11.2. The summed E-state index contributed by atoms with van der Waals surface area (Å²) in [5.74, 6) is 0.0368. The topological polar surface area (TPSA) is 94.1 Å². The molecule has 3 aromatic carbocycles. The number of hydrogen-bond acceptors (Lipinski definition) is 7. The van der Waals surface area contributed by atoms with Crippen molar-refractivity contribution in [3.63, 3.8) is 0 Å². The molecule has 0 aliphatic heterocycles. The highest BCUT2D eigenvalue weighted by Crippen LogP contribution is 2.28. The molecule has 0 saturated carbocycles. The van der Waals surface area contributed by atoms with Gasteiger partial charge in [0.1, 0.15) is 21.6 Å². The molecule has 0 fully saturated rings. The summed E-state index contributed by atoms with van der Waals surface area (Å²) in [7, 11) is 0.131. The zero-order valence-electron chi connectivity index (χ0n) is 19.4. The Kier molecular flexibility index (Phi) is 10.2. The van der Waals surface area contributed by atoms with E-state index < -0.39 is 49.3 Å². The Morgan fingerprint density at radius 1 is 0.833 bits per heavy atom. The fourth-order valence-corrected chi connectivity index (χ4v) is 5.72. The van der Waals surface area contributed by atoms with Crippen LogP contribution in [0.1, 0.15) is 5.56 Å². The third kappa shape index (κ3) is 8.71. The molecule has 0 bridgehead atoms. The van der Waals surface area contributed by atoms with Crippen LogP contribution < -0.4 is 40.2 Å². The maximum absolute atomic E-state index is 14.2. The molecule has 3 aromatic rings. The van der Waals surface area contributed by atoms with Crippen molar-refractivity contribution in [3.8, 4) is 23.0 Å². The lowest BCUT2D eigenvalue weighted by Crippen LogP contribution is -3.61. The van der Waals surface area contributed by atoms with E-state index in [0.717, 1.165) is 11.6 Å². The summed E-state index contributed by atoms with van der Waals surface area (Å²) >= 11 is -1.13. The summed E-state index contributed by atoms with van der Waals surface area (Å²) in [6, 6.07) is 12.1. The highest BCUT2D eigenvalue weighted by molar-refractivity contribution is 7.85. The molecule has 0 radical (unpaired) electrons. The van der Waals surface area contributed by atoms with Crippen molar-refractivity contribution >= 4 is 10.1 Å². The first kappa shape index (κ1) is 29.5. The summed E-state index contributed by atoms with van der Waals surface area (Å²) in [5.41, 5.74) is 0.928. The second-order valence-electron chi connectivity index (χ2n) is 6.83. The van der Waals surface area contributed by atoms with Crippen molar-refractivity contribution in [2.24, 2.45) is 0 Å². The average Bonchev–Trinajstić information content (AvgIpc) is 2.79. The largest absolute Gasteiger partial charge is 0.744 e. The van der Waals surface area contributed by atoms with Gasteiger partial charge >= 0.3 is 27.6 Å². The highest BCUT2D eigenvalue weighted by Gasteiger charge is 2.33. The molecule has 36 heavy (non-hydrogen) atoms. The van der Waals surface area contributed by atoms with E-state index in [0.29, 0.717) is 26.9 Å². The number of ether oxygens (including phenoxy) is 4. The molecular weight excluding hydrogens is 623 g/mol. The Morgan fingerprint density at radius 2 is 1.39 bits per heavy atom. The van der Waals surface area contributed by atoms with Crippen LogP contribution in [0.15, 0.2) is 59.5 Å². The van der Waals surface area contributed by atoms with Crippen molar-refractivity contribution in [1.82, 2.24) is 0 Å². The molecule has 0 unspecified atom stereocenters. The molecule has 0 saturated heterocycles. The van der Waals surface area contributed by atoms with Gasteiger partial charge in [0.25, 0.3) is 3.57 Å². The Hall–Kier alpha value is -2.78. The minimum Gasteiger partial charge on any atom is -0.744 e. The SMILES string of the molecule is COc1cc(OC)c([I+]c2ccc(OC(F)(F)F)cc2F)c(OC)c1.Cc1ccc(S(=O)(=O)[O-])cc1. The van der Waals surface area contributed by atoms with Crippen molar-refractivity contribution < 1.29 is 70.7 Å². The lowest BCUT2D eigenvalue weighted by atomic mass is 10.2. The molecule has 0 aliphatic carbocycles. The van der Waals surface area contributed by atoms with Crippen LogP contribution >= 0.6 is 0 Å². The minimum atomic E-state index is -4.87. The van der Waals surface area contributed by atoms with Gasteiger partial charge in [-0.05, 0) is 31.2 Å². The molecule has 0 spiro atoms. The van der Waals surface area contributed by atoms with Crippen molar-refractivity contribution in [2.45, 2.75) is 18.2 Å². The van der Waals surface area contributed by atoms with Crippen LogP contribution in [-0.2, 0) is 10.1 Å². The van der Waals surface area contributed by atoms with Gasteiger partial charge in [-0.2, -0.15) is 0 Å². The fourth-order valence-electron chi connectivity index (χ4n) is 2.61. The van der Waals surface area contributed by atoms with Crippen LogP contribution in [0.4, 0.5) is 17.6 Å². The number of aryl methyl sites for hydroxylation is 1. The first-order valence-corrected chi connectivity index (χ1v) is 13.4.